The van der Waals surface area contributed by atoms with Gasteiger partial charge in [-0.1, -0.05) is 0 Å². The number of methoxy groups -OCH3 is 1. The van der Waals surface area contributed by atoms with E-state index in [2.05, 4.69) is 27.3 Å². The first kappa shape index (κ1) is 21.7. The number of nitrogens with one attached hydrogen (secondary N) is 1. The highest BCUT2D eigenvalue weighted by molar-refractivity contribution is 8.93. The number of hydrogen-bond donors (Lipinski definition) is 1. The van der Waals surface area contributed by atoms with Crippen molar-refractivity contribution >= 4 is 73.9 Å². The Morgan fingerprint density at radius 3 is 2.56 bits per heavy atom. The molecule has 0 unspecified atom stereocenters. The summed E-state index contributed by atoms with van der Waals surface area (Å²) in [6.07, 6.45) is 1.99. The number of aromatic nitrogens is 1. The second kappa shape index (κ2) is 9.59. The molecular formula is C18H20BrN3O2S3. The van der Waals surface area contributed by atoms with Crippen LogP contribution in [-0.4, -0.2) is 38.4 Å². The van der Waals surface area contributed by atoms with Crippen LogP contribution < -0.4 is 10.2 Å². The number of nitrogens with zero attached hydrogens (tertiary/aromatic N) is 2. The fourth-order valence-corrected chi connectivity index (χ4v) is 4.86. The minimum absolute atomic E-state index is 0. The standard InChI is InChI=1S/C18H19N3O2S3.BrH/c1-21(2)12-7-5-11(6-8-12)19-18-20-14(10-25-18)13-9-15(16(22)23-3)26-17(13)24-4;/h5-10H,1-4H3,(H,19,20);1H. The molecule has 2 heterocycles. The fraction of sp³-hybridized carbons (Fsp3) is 0.222. The van der Waals surface area contributed by atoms with Crippen molar-refractivity contribution < 1.29 is 9.53 Å². The molecule has 0 amide bonds. The molecule has 0 spiro atoms. The van der Waals surface area contributed by atoms with Crippen molar-refractivity contribution in [3.8, 4) is 11.3 Å². The van der Waals surface area contributed by atoms with Crippen LogP contribution in [0.1, 0.15) is 9.67 Å². The van der Waals surface area contributed by atoms with Gasteiger partial charge in [-0.05, 0) is 36.6 Å². The summed E-state index contributed by atoms with van der Waals surface area (Å²) in [5.74, 6) is -0.314. The molecule has 3 rings (SSSR count). The predicted octanol–water partition coefficient (Wildman–Crippen LogP) is 5.77. The number of rotatable bonds is 6. The first-order valence-electron chi connectivity index (χ1n) is 7.78. The van der Waals surface area contributed by atoms with E-state index in [0.717, 1.165) is 32.0 Å². The van der Waals surface area contributed by atoms with Crippen LogP contribution in [0.2, 0.25) is 0 Å². The Balaban J connectivity index is 0.00000261. The Labute approximate surface area is 181 Å². The molecule has 2 aromatic heterocycles. The van der Waals surface area contributed by atoms with Gasteiger partial charge in [0.25, 0.3) is 0 Å². The zero-order chi connectivity index (χ0) is 18.7. The molecule has 0 bridgehead atoms. The van der Waals surface area contributed by atoms with Crippen molar-refractivity contribution in [1.29, 1.82) is 0 Å². The van der Waals surface area contributed by atoms with Crippen molar-refractivity contribution in [2.75, 3.05) is 37.7 Å². The molecule has 0 atom stereocenters. The second-order valence-corrected chi connectivity index (χ2v) is 8.60. The van der Waals surface area contributed by atoms with Crippen LogP contribution in [0.25, 0.3) is 11.3 Å². The minimum atomic E-state index is -0.314. The quantitative estimate of drug-likeness (QED) is 0.353. The van der Waals surface area contributed by atoms with Crippen molar-refractivity contribution in [1.82, 2.24) is 4.98 Å². The van der Waals surface area contributed by atoms with E-state index >= 15 is 0 Å². The van der Waals surface area contributed by atoms with Gasteiger partial charge in [0, 0.05) is 36.4 Å². The average molecular weight is 486 g/mol. The summed E-state index contributed by atoms with van der Waals surface area (Å²) in [5, 5.41) is 6.15. The third-order valence-corrected chi connectivity index (χ3v) is 6.69. The summed E-state index contributed by atoms with van der Waals surface area (Å²) in [6, 6.07) is 10.0. The number of thiazole rings is 1. The van der Waals surface area contributed by atoms with Crippen LogP contribution in [-0.2, 0) is 4.74 Å². The number of anilines is 3. The summed E-state index contributed by atoms with van der Waals surface area (Å²) < 4.78 is 5.88. The van der Waals surface area contributed by atoms with Gasteiger partial charge in [0.1, 0.15) is 4.88 Å². The van der Waals surface area contributed by atoms with E-state index in [1.165, 1.54) is 29.8 Å². The van der Waals surface area contributed by atoms with Gasteiger partial charge < -0.3 is 15.0 Å². The summed E-state index contributed by atoms with van der Waals surface area (Å²) in [5.41, 5.74) is 3.96. The Hall–Kier alpha value is -1.55. The van der Waals surface area contributed by atoms with Gasteiger partial charge in [-0.3, -0.25) is 0 Å². The van der Waals surface area contributed by atoms with Crippen molar-refractivity contribution in [3.63, 3.8) is 0 Å². The molecule has 144 valence electrons. The highest BCUT2D eigenvalue weighted by Gasteiger charge is 2.18. The van der Waals surface area contributed by atoms with Gasteiger partial charge in [-0.2, -0.15) is 0 Å². The van der Waals surface area contributed by atoms with E-state index in [0.29, 0.717) is 4.88 Å². The molecule has 27 heavy (non-hydrogen) atoms. The average Bonchev–Trinajstić information content (AvgIpc) is 3.28. The van der Waals surface area contributed by atoms with Gasteiger partial charge >= 0.3 is 5.97 Å². The normalized spacial score (nSPS) is 10.2. The number of hydrogen-bond acceptors (Lipinski definition) is 8. The third kappa shape index (κ3) is 5.04. The van der Waals surface area contributed by atoms with E-state index in [4.69, 9.17) is 4.74 Å². The number of thioether (sulfide) groups is 1. The zero-order valence-electron chi connectivity index (χ0n) is 15.3. The summed E-state index contributed by atoms with van der Waals surface area (Å²) >= 11 is 4.58. The lowest BCUT2D eigenvalue weighted by molar-refractivity contribution is 0.0606. The van der Waals surface area contributed by atoms with E-state index in [9.17, 15) is 4.79 Å². The highest BCUT2D eigenvalue weighted by atomic mass is 79.9. The first-order valence-corrected chi connectivity index (χ1v) is 10.7. The van der Waals surface area contributed by atoms with Crippen LogP contribution in [0.5, 0.6) is 0 Å². The minimum Gasteiger partial charge on any atom is -0.465 e. The number of carbonyl (C=O) groups excluding carboxylic acids is 1. The maximum atomic E-state index is 11.8. The van der Waals surface area contributed by atoms with E-state index in [1.54, 1.807) is 11.8 Å². The van der Waals surface area contributed by atoms with Gasteiger partial charge in [0.05, 0.1) is 17.0 Å². The summed E-state index contributed by atoms with van der Waals surface area (Å²) in [6.45, 7) is 0. The van der Waals surface area contributed by atoms with Gasteiger partial charge in [-0.25, -0.2) is 9.78 Å². The molecule has 0 aliphatic rings. The lowest BCUT2D eigenvalue weighted by atomic mass is 10.2. The zero-order valence-corrected chi connectivity index (χ0v) is 19.5. The second-order valence-electron chi connectivity index (χ2n) is 5.61. The fourth-order valence-electron chi connectivity index (χ4n) is 2.33. The molecule has 1 N–H and O–H groups in total. The molecule has 9 heteroatoms. The van der Waals surface area contributed by atoms with E-state index in [1.807, 2.05) is 43.9 Å². The van der Waals surface area contributed by atoms with Gasteiger partial charge in [-0.15, -0.1) is 51.4 Å². The summed E-state index contributed by atoms with van der Waals surface area (Å²) in [7, 11) is 5.43. The molecule has 0 radical (unpaired) electrons. The molecule has 0 aliphatic heterocycles. The number of ether oxygens (including phenoxy) is 1. The summed E-state index contributed by atoms with van der Waals surface area (Å²) in [4.78, 5) is 19.1. The SMILES string of the molecule is Br.COC(=O)c1cc(-c2csc(Nc3ccc(N(C)C)cc3)n2)c(SC)s1. The molecule has 0 saturated heterocycles. The van der Waals surface area contributed by atoms with Gasteiger partial charge in [0.2, 0.25) is 0 Å². The molecule has 0 fully saturated rings. The van der Waals surface area contributed by atoms with Gasteiger partial charge in [0.15, 0.2) is 5.13 Å². The third-order valence-electron chi connectivity index (χ3n) is 3.69. The Morgan fingerprint density at radius 2 is 1.96 bits per heavy atom. The Kier molecular flexibility index (Phi) is 7.72. The molecule has 3 aromatic rings. The number of esters is 1. The molecule has 5 nitrogen and oxygen atoms in total. The maximum Gasteiger partial charge on any atom is 0.348 e. The van der Waals surface area contributed by atoms with E-state index in [-0.39, 0.29) is 23.0 Å². The number of carbonyl (C=O) groups is 1. The van der Waals surface area contributed by atoms with Crippen molar-refractivity contribution in [2.45, 2.75) is 4.21 Å². The highest BCUT2D eigenvalue weighted by Crippen LogP contribution is 2.39. The Bertz CT molecular complexity index is 907. The number of benzene rings is 1. The predicted molar refractivity (Wildman–Crippen MR) is 123 cm³/mol. The largest absolute Gasteiger partial charge is 0.465 e. The lowest BCUT2D eigenvalue weighted by Crippen LogP contribution is -2.08. The molecule has 0 aliphatic carbocycles. The van der Waals surface area contributed by atoms with Crippen LogP contribution in [0.3, 0.4) is 0 Å². The van der Waals surface area contributed by atoms with Crippen LogP contribution in [0, 0.1) is 0 Å². The van der Waals surface area contributed by atoms with Crippen LogP contribution in [0.15, 0.2) is 39.9 Å². The Morgan fingerprint density at radius 1 is 1.26 bits per heavy atom. The molecule has 1 aromatic carbocycles. The number of thiophene rings is 1. The maximum absolute atomic E-state index is 11.8. The number of halogens is 1. The van der Waals surface area contributed by atoms with Crippen molar-refractivity contribution in [2.24, 2.45) is 0 Å². The van der Waals surface area contributed by atoms with Crippen LogP contribution >= 0.6 is 51.4 Å². The topological polar surface area (TPSA) is 54.5 Å². The molecule has 0 saturated carbocycles. The smallest absolute Gasteiger partial charge is 0.348 e. The molecular weight excluding hydrogens is 466 g/mol. The lowest BCUT2D eigenvalue weighted by Gasteiger charge is -2.12. The van der Waals surface area contributed by atoms with Crippen molar-refractivity contribution in [3.05, 3.63) is 40.6 Å². The monoisotopic (exact) mass is 485 g/mol. The van der Waals surface area contributed by atoms with Crippen LogP contribution in [0.4, 0.5) is 16.5 Å². The first-order chi connectivity index (χ1) is 12.5. The van der Waals surface area contributed by atoms with E-state index < -0.39 is 0 Å².